The molecule has 2 saturated heterocycles. The van der Waals surface area contributed by atoms with Gasteiger partial charge in [0.05, 0.1) is 37.6 Å². The normalized spacial score (nSPS) is 17.8. The highest BCUT2D eigenvalue weighted by Gasteiger charge is 2.25. The van der Waals surface area contributed by atoms with Gasteiger partial charge in [-0.1, -0.05) is 11.6 Å². The van der Waals surface area contributed by atoms with E-state index in [0.29, 0.717) is 27.4 Å². The van der Waals surface area contributed by atoms with Crippen molar-refractivity contribution in [3.63, 3.8) is 0 Å². The molecule has 0 saturated carbocycles. The average molecular weight is 809 g/mol. The number of fused-ring (bicyclic) bond motifs is 2. The zero-order chi connectivity index (χ0) is 40.1. The lowest BCUT2D eigenvalue weighted by atomic mass is 10.1. The van der Waals surface area contributed by atoms with Gasteiger partial charge in [0, 0.05) is 102 Å². The number of ether oxygens (including phenoxy) is 2. The van der Waals surface area contributed by atoms with Crippen molar-refractivity contribution in [2.24, 2.45) is 0 Å². The smallest absolute Gasteiger partial charge is 0.257 e. The number of benzene rings is 4. The summed E-state index contributed by atoms with van der Waals surface area (Å²) in [5.74, 6) is -0.736. The summed E-state index contributed by atoms with van der Waals surface area (Å²) in [5, 5.41) is 19.4. The molecule has 4 aromatic carbocycles. The van der Waals surface area contributed by atoms with Crippen LogP contribution in [0.15, 0.2) is 97.3 Å². The van der Waals surface area contributed by atoms with Crippen molar-refractivity contribution in [1.82, 2.24) is 9.80 Å². The number of amides is 2. The molecule has 8 rings (SSSR count). The van der Waals surface area contributed by atoms with Crippen LogP contribution in [0.2, 0.25) is 5.02 Å². The molecular weight excluding hydrogens is 759 g/mol. The summed E-state index contributed by atoms with van der Waals surface area (Å²) >= 11 is 6.07. The molecular formula is C44H50ClFN8O4. The summed E-state index contributed by atoms with van der Waals surface area (Å²) in [6, 6.07) is 25.6. The van der Waals surface area contributed by atoms with Crippen LogP contribution in [-0.2, 0) is 19.1 Å². The molecule has 0 aromatic heterocycles. The molecule has 4 aliphatic heterocycles. The Morgan fingerprint density at radius 2 is 1.03 bits per heavy atom. The van der Waals surface area contributed by atoms with Gasteiger partial charge in [0.2, 0.25) is 0 Å². The molecule has 6 N–H and O–H groups in total. The molecule has 0 bridgehead atoms. The van der Waals surface area contributed by atoms with Crippen LogP contribution < -0.4 is 31.9 Å². The molecule has 304 valence electrons. The summed E-state index contributed by atoms with van der Waals surface area (Å²) in [5.41, 5.74) is 7.70. The molecule has 2 amide bonds. The van der Waals surface area contributed by atoms with Crippen molar-refractivity contribution >= 4 is 68.7 Å². The zero-order valence-corrected chi connectivity index (χ0v) is 33.2. The highest BCUT2D eigenvalue weighted by atomic mass is 35.5. The topological polar surface area (TPSA) is 131 Å². The van der Waals surface area contributed by atoms with Gasteiger partial charge in [-0.05, 0) is 111 Å². The Kier molecular flexibility index (Phi) is 14.3. The van der Waals surface area contributed by atoms with Crippen molar-refractivity contribution in [2.75, 3.05) is 111 Å². The molecule has 4 aliphatic rings. The van der Waals surface area contributed by atoms with Gasteiger partial charge in [0.25, 0.3) is 11.8 Å². The number of halogens is 2. The molecule has 58 heavy (non-hydrogen) atoms. The van der Waals surface area contributed by atoms with E-state index in [1.54, 1.807) is 30.6 Å². The maximum absolute atomic E-state index is 13.5. The number of nitrogens with one attached hydrogen (secondary N) is 6. The largest absolute Gasteiger partial charge is 0.385 e. The fourth-order valence-corrected chi connectivity index (χ4v) is 7.18. The molecule has 0 radical (unpaired) electrons. The lowest BCUT2D eigenvalue weighted by Crippen LogP contribution is -2.37. The van der Waals surface area contributed by atoms with Crippen LogP contribution in [-0.4, -0.2) is 100 Å². The minimum Gasteiger partial charge on any atom is -0.385 e. The summed E-state index contributed by atoms with van der Waals surface area (Å²) in [7, 11) is 0. The van der Waals surface area contributed by atoms with E-state index in [4.69, 9.17) is 21.1 Å². The second kappa shape index (κ2) is 20.3. The molecule has 0 aliphatic carbocycles. The fraction of sp³-hybridized carbons (Fsp3) is 0.318. The Labute approximate surface area is 343 Å². The molecule has 4 heterocycles. The number of rotatable bonds is 14. The Hall–Kier alpha value is -5.44. The second-order valence-electron chi connectivity index (χ2n) is 14.3. The maximum Gasteiger partial charge on any atom is 0.257 e. The zero-order valence-electron chi connectivity index (χ0n) is 32.4. The summed E-state index contributed by atoms with van der Waals surface area (Å²) in [4.78, 5) is 29.2. The first-order valence-corrected chi connectivity index (χ1v) is 20.2. The second-order valence-corrected chi connectivity index (χ2v) is 14.8. The number of hydrogen-bond donors (Lipinski definition) is 6. The number of nitrogens with zero attached hydrogens (tertiary/aromatic N) is 2. The first-order chi connectivity index (χ1) is 28.4. The maximum atomic E-state index is 13.5. The molecule has 0 unspecified atom stereocenters. The lowest BCUT2D eigenvalue weighted by molar-refractivity contribution is -0.111. The van der Waals surface area contributed by atoms with E-state index < -0.39 is 0 Å². The quantitative estimate of drug-likeness (QED) is 0.0573. The molecule has 2 fully saturated rings. The number of carbonyl (C=O) groups excluding carboxylic acids is 2. The molecule has 0 spiro atoms. The molecule has 14 heteroatoms. The third-order valence-electron chi connectivity index (χ3n) is 10.2. The summed E-state index contributed by atoms with van der Waals surface area (Å²) in [6.45, 7) is 11.5. The number of hydrogen-bond acceptors (Lipinski definition) is 10. The van der Waals surface area contributed by atoms with E-state index in [2.05, 4.69) is 41.7 Å². The van der Waals surface area contributed by atoms with Crippen molar-refractivity contribution in [3.05, 3.63) is 119 Å². The van der Waals surface area contributed by atoms with Gasteiger partial charge in [-0.15, -0.1) is 0 Å². The first kappa shape index (κ1) is 40.7. The van der Waals surface area contributed by atoms with Crippen molar-refractivity contribution in [1.29, 1.82) is 0 Å². The molecule has 12 nitrogen and oxygen atoms in total. The lowest BCUT2D eigenvalue weighted by Gasteiger charge is -2.26. The summed E-state index contributed by atoms with van der Waals surface area (Å²) < 4.78 is 24.2. The monoisotopic (exact) mass is 808 g/mol. The van der Waals surface area contributed by atoms with Crippen LogP contribution in [0.1, 0.15) is 24.0 Å². The van der Waals surface area contributed by atoms with Crippen molar-refractivity contribution < 1.29 is 23.5 Å². The highest BCUT2D eigenvalue weighted by molar-refractivity contribution is 6.34. The van der Waals surface area contributed by atoms with E-state index in [0.717, 1.165) is 126 Å². The van der Waals surface area contributed by atoms with Crippen LogP contribution in [0.4, 0.5) is 38.5 Å². The minimum absolute atomic E-state index is 0.131. The van der Waals surface area contributed by atoms with Crippen LogP contribution >= 0.6 is 11.6 Å². The fourth-order valence-electron chi connectivity index (χ4n) is 7.01. The third-order valence-corrected chi connectivity index (χ3v) is 10.5. The number of anilines is 6. The van der Waals surface area contributed by atoms with Gasteiger partial charge >= 0.3 is 0 Å². The Morgan fingerprint density at radius 3 is 1.52 bits per heavy atom. The van der Waals surface area contributed by atoms with Crippen molar-refractivity contribution in [2.45, 2.75) is 12.8 Å². The standard InChI is InChI=1S/C22H25ClN4O2.C22H25FN4O2/c2*23-16-2-7-21-19(14-16)20(22(28)26-21)15-25-18-5-3-17(4-6-18)24-8-1-9-27-10-12-29-13-11-27/h2*2-7,14-15,24-25H,1,8-13H2,(H,26,28)/b2*20-15-. The van der Waals surface area contributed by atoms with Gasteiger partial charge < -0.3 is 41.4 Å². The Balaban J connectivity index is 0.000000177. The van der Waals surface area contributed by atoms with Crippen LogP contribution in [0.5, 0.6) is 0 Å². The molecule has 4 aromatic rings. The Morgan fingerprint density at radius 1 is 0.603 bits per heavy atom. The van der Waals surface area contributed by atoms with Gasteiger partial charge in [0.15, 0.2) is 0 Å². The minimum atomic E-state index is -0.366. The predicted octanol–water partition coefficient (Wildman–Crippen LogP) is 7.24. The van der Waals surface area contributed by atoms with Gasteiger partial charge in [-0.3, -0.25) is 19.4 Å². The van der Waals surface area contributed by atoms with Gasteiger partial charge in [-0.2, -0.15) is 0 Å². The SMILES string of the molecule is O=C1Nc2ccc(Cl)cc2/C1=C/Nc1ccc(NCCCN2CCOCC2)cc1.O=C1Nc2ccc(F)cc2/C1=C/Nc1ccc(NCCCN2CCOCC2)cc1. The number of carbonyl (C=O) groups is 2. The van der Waals surface area contributed by atoms with E-state index in [-0.39, 0.29) is 17.6 Å². The van der Waals surface area contributed by atoms with Crippen LogP contribution in [0.25, 0.3) is 11.1 Å². The van der Waals surface area contributed by atoms with E-state index >= 15 is 0 Å². The van der Waals surface area contributed by atoms with E-state index in [9.17, 15) is 14.0 Å². The van der Waals surface area contributed by atoms with E-state index in [1.165, 1.54) is 12.1 Å². The predicted molar refractivity (Wildman–Crippen MR) is 232 cm³/mol. The first-order valence-electron chi connectivity index (χ1n) is 19.8. The van der Waals surface area contributed by atoms with Crippen molar-refractivity contribution in [3.8, 4) is 0 Å². The molecule has 0 atom stereocenters. The highest BCUT2D eigenvalue weighted by Crippen LogP contribution is 2.34. The van der Waals surface area contributed by atoms with Crippen LogP contribution in [0, 0.1) is 5.82 Å². The van der Waals surface area contributed by atoms with E-state index in [1.807, 2.05) is 54.6 Å². The summed E-state index contributed by atoms with van der Waals surface area (Å²) in [6.07, 6.45) is 5.52. The van der Waals surface area contributed by atoms with Gasteiger partial charge in [0.1, 0.15) is 5.82 Å². The third kappa shape index (κ3) is 11.4. The van der Waals surface area contributed by atoms with Crippen LogP contribution in [0.3, 0.4) is 0 Å². The number of morpholine rings is 2. The van der Waals surface area contributed by atoms with Gasteiger partial charge in [-0.25, -0.2) is 4.39 Å². The Bertz CT molecular complexity index is 1940. The average Bonchev–Trinajstić information content (AvgIpc) is 3.74.